The van der Waals surface area contributed by atoms with Crippen LogP contribution in [0.15, 0.2) is 0 Å². The van der Waals surface area contributed by atoms with E-state index in [2.05, 4.69) is 5.32 Å². The van der Waals surface area contributed by atoms with Gasteiger partial charge in [-0.25, -0.2) is 8.42 Å². The zero-order valence-electron chi connectivity index (χ0n) is 5.58. The van der Waals surface area contributed by atoms with Crippen molar-refractivity contribution in [3.05, 3.63) is 0 Å². The quantitative estimate of drug-likeness (QED) is 0.526. The molecule has 0 amide bonds. The van der Waals surface area contributed by atoms with E-state index in [1.54, 1.807) is 0 Å². The van der Waals surface area contributed by atoms with Gasteiger partial charge in [0.2, 0.25) is 0 Å². The predicted molar refractivity (Wildman–Crippen MR) is 37.5 cm³/mol. The summed E-state index contributed by atoms with van der Waals surface area (Å²) in [5.74, 6) is -0.0979. The highest BCUT2D eigenvalue weighted by Gasteiger charge is 2.29. The summed E-state index contributed by atoms with van der Waals surface area (Å²) in [6.07, 6.45) is 0. The second-order valence-electron chi connectivity index (χ2n) is 2.37. The van der Waals surface area contributed by atoms with Crippen LogP contribution in [0.2, 0.25) is 0 Å². The molecule has 60 valence electrons. The maximum atomic E-state index is 11.0. The normalized spacial score (nSPS) is 20.5. The Morgan fingerprint density at radius 2 is 2.10 bits per heavy atom. The van der Waals surface area contributed by atoms with Gasteiger partial charge in [0.15, 0.2) is 9.84 Å². The summed E-state index contributed by atoms with van der Waals surface area (Å²) in [7, 11) is -2.99. The van der Waals surface area contributed by atoms with Gasteiger partial charge in [-0.1, -0.05) is 0 Å². The molecule has 1 rings (SSSR count). The fraction of sp³-hybridized carbons (Fsp3) is 1.00. The summed E-state index contributed by atoms with van der Waals surface area (Å²) in [6, 6.07) is 0. The van der Waals surface area contributed by atoms with Gasteiger partial charge in [-0.05, 0) is 0 Å². The summed E-state index contributed by atoms with van der Waals surface area (Å²) < 4.78 is 22.0. The highest BCUT2D eigenvalue weighted by Crippen LogP contribution is 2.06. The maximum Gasteiger partial charge on any atom is 0.157 e. The van der Waals surface area contributed by atoms with Crippen LogP contribution >= 0.6 is 0 Å². The van der Waals surface area contributed by atoms with E-state index >= 15 is 0 Å². The molecule has 0 unspecified atom stereocenters. The van der Waals surface area contributed by atoms with Gasteiger partial charge in [-0.3, -0.25) is 0 Å². The second kappa shape index (κ2) is 2.86. The number of aliphatic hydroxyl groups is 1. The molecule has 1 fully saturated rings. The number of rotatable bonds is 3. The lowest BCUT2D eigenvalue weighted by Gasteiger charge is -2.26. The topological polar surface area (TPSA) is 66.4 Å². The van der Waals surface area contributed by atoms with Crippen LogP contribution in [0, 0.1) is 0 Å². The van der Waals surface area contributed by atoms with Crippen LogP contribution in [0.25, 0.3) is 0 Å². The Morgan fingerprint density at radius 1 is 1.50 bits per heavy atom. The number of sulfone groups is 1. The molecule has 4 nitrogen and oxygen atoms in total. The van der Waals surface area contributed by atoms with Gasteiger partial charge >= 0.3 is 0 Å². The van der Waals surface area contributed by atoms with Gasteiger partial charge in [0.05, 0.1) is 17.6 Å². The van der Waals surface area contributed by atoms with E-state index in [1.165, 1.54) is 0 Å². The van der Waals surface area contributed by atoms with Crippen LogP contribution in [0.5, 0.6) is 0 Å². The molecular weight excluding hydrogens is 154 g/mol. The van der Waals surface area contributed by atoms with Crippen molar-refractivity contribution in [2.75, 3.05) is 25.4 Å². The minimum absolute atomic E-state index is 0.0979. The minimum atomic E-state index is -2.99. The molecule has 0 spiro atoms. The predicted octanol–water partition coefficient (Wildman–Crippen LogP) is -1.63. The van der Waals surface area contributed by atoms with E-state index in [0.29, 0.717) is 13.1 Å². The summed E-state index contributed by atoms with van der Waals surface area (Å²) >= 11 is 0. The average molecular weight is 165 g/mol. The highest BCUT2D eigenvalue weighted by atomic mass is 32.2. The number of nitrogens with one attached hydrogen (secondary N) is 1. The third-order valence-electron chi connectivity index (χ3n) is 1.63. The smallest absolute Gasteiger partial charge is 0.157 e. The number of hydrogen-bond donors (Lipinski definition) is 2. The maximum absolute atomic E-state index is 11.0. The molecule has 0 radical (unpaired) electrons. The van der Waals surface area contributed by atoms with E-state index in [-0.39, 0.29) is 17.6 Å². The van der Waals surface area contributed by atoms with Gasteiger partial charge in [0.25, 0.3) is 0 Å². The standard InChI is InChI=1S/C5H11NO3S/c7-1-2-10(8,9)5-3-6-4-5/h5-7H,1-4H2. The van der Waals surface area contributed by atoms with E-state index in [4.69, 9.17) is 5.11 Å². The molecule has 0 atom stereocenters. The molecule has 1 heterocycles. The van der Waals surface area contributed by atoms with E-state index in [1.807, 2.05) is 0 Å². The monoisotopic (exact) mass is 165 g/mol. The van der Waals surface area contributed by atoms with E-state index in [0.717, 1.165) is 0 Å². The van der Waals surface area contributed by atoms with Crippen LogP contribution in [0.3, 0.4) is 0 Å². The van der Waals surface area contributed by atoms with Crippen LogP contribution in [-0.4, -0.2) is 44.2 Å². The molecule has 10 heavy (non-hydrogen) atoms. The van der Waals surface area contributed by atoms with Gasteiger partial charge in [0.1, 0.15) is 0 Å². The van der Waals surface area contributed by atoms with Crippen LogP contribution in [0.4, 0.5) is 0 Å². The lowest BCUT2D eigenvalue weighted by molar-refractivity contribution is 0.318. The molecule has 0 aromatic carbocycles. The average Bonchev–Trinajstić information content (AvgIpc) is 1.56. The summed E-state index contributed by atoms with van der Waals surface area (Å²) in [4.78, 5) is 0. The van der Waals surface area contributed by atoms with Crippen molar-refractivity contribution in [3.63, 3.8) is 0 Å². The van der Waals surface area contributed by atoms with Crippen molar-refractivity contribution in [2.45, 2.75) is 5.25 Å². The molecule has 2 N–H and O–H groups in total. The Bertz CT molecular complexity index is 195. The fourth-order valence-electron chi connectivity index (χ4n) is 0.810. The molecule has 0 aromatic rings. The number of hydrogen-bond acceptors (Lipinski definition) is 4. The molecule has 0 aliphatic carbocycles. The summed E-state index contributed by atoms with van der Waals surface area (Å²) in [5.41, 5.74) is 0. The molecule has 0 aromatic heterocycles. The molecule has 0 bridgehead atoms. The lowest BCUT2D eigenvalue weighted by atomic mass is 10.3. The summed E-state index contributed by atoms with van der Waals surface area (Å²) in [6.45, 7) is 0.823. The SMILES string of the molecule is O=S(=O)(CCO)C1CNC1. The first-order chi connectivity index (χ1) is 4.67. The Balaban J connectivity index is 2.50. The van der Waals surface area contributed by atoms with Crippen LogP contribution in [-0.2, 0) is 9.84 Å². The number of aliphatic hydroxyl groups excluding tert-OH is 1. The van der Waals surface area contributed by atoms with Crippen molar-refractivity contribution >= 4 is 9.84 Å². The third kappa shape index (κ3) is 1.47. The Morgan fingerprint density at radius 3 is 2.40 bits per heavy atom. The molecular formula is C5H11NO3S. The Kier molecular flexibility index (Phi) is 2.28. The van der Waals surface area contributed by atoms with Crippen molar-refractivity contribution < 1.29 is 13.5 Å². The van der Waals surface area contributed by atoms with Crippen LogP contribution in [0.1, 0.15) is 0 Å². The molecule has 0 saturated carbocycles. The molecule has 5 heteroatoms. The second-order valence-corrected chi connectivity index (χ2v) is 4.77. The highest BCUT2D eigenvalue weighted by molar-refractivity contribution is 7.92. The minimum Gasteiger partial charge on any atom is -0.395 e. The molecule has 1 saturated heterocycles. The first-order valence-electron chi connectivity index (χ1n) is 3.20. The first-order valence-corrected chi connectivity index (χ1v) is 4.91. The Labute approximate surface area is 60.2 Å². The zero-order chi connectivity index (χ0) is 7.61. The fourth-order valence-corrected chi connectivity index (χ4v) is 2.14. The van der Waals surface area contributed by atoms with Crippen molar-refractivity contribution in [1.82, 2.24) is 5.32 Å². The third-order valence-corrected chi connectivity index (χ3v) is 3.73. The van der Waals surface area contributed by atoms with Crippen LogP contribution < -0.4 is 5.32 Å². The van der Waals surface area contributed by atoms with Crippen molar-refractivity contribution in [2.24, 2.45) is 0 Å². The van der Waals surface area contributed by atoms with Gasteiger partial charge < -0.3 is 10.4 Å². The van der Waals surface area contributed by atoms with Gasteiger partial charge in [-0.15, -0.1) is 0 Å². The lowest BCUT2D eigenvalue weighted by Crippen LogP contribution is -2.52. The van der Waals surface area contributed by atoms with Crippen molar-refractivity contribution in [1.29, 1.82) is 0 Å². The largest absolute Gasteiger partial charge is 0.395 e. The zero-order valence-corrected chi connectivity index (χ0v) is 6.39. The van der Waals surface area contributed by atoms with E-state index in [9.17, 15) is 8.42 Å². The molecule has 1 aliphatic rings. The van der Waals surface area contributed by atoms with Crippen molar-refractivity contribution in [3.8, 4) is 0 Å². The Hall–Kier alpha value is -0.130. The first kappa shape index (κ1) is 7.97. The van der Waals surface area contributed by atoms with Gasteiger partial charge in [-0.2, -0.15) is 0 Å². The van der Waals surface area contributed by atoms with Gasteiger partial charge in [0, 0.05) is 13.1 Å². The molecule has 1 aliphatic heterocycles. The summed E-state index contributed by atoms with van der Waals surface area (Å²) in [5, 5.41) is 11.0. The van der Waals surface area contributed by atoms with E-state index < -0.39 is 9.84 Å².